The number of nitrogens with one attached hydrogen (secondary N) is 1. The predicted octanol–water partition coefficient (Wildman–Crippen LogP) is 0.978. The molecule has 0 rings (SSSR count). The number of ether oxygens (including phenoxy) is 8. The Morgan fingerprint density at radius 2 is 1.11 bits per heavy atom. The number of hydrogen-bond donors (Lipinski definition) is 1. The third-order valence-corrected chi connectivity index (χ3v) is 5.26. The van der Waals surface area contributed by atoms with E-state index < -0.39 is 42.3 Å². The van der Waals surface area contributed by atoms with Crippen LogP contribution in [0.3, 0.4) is 0 Å². The lowest BCUT2D eigenvalue weighted by Gasteiger charge is -2.17. The van der Waals surface area contributed by atoms with Gasteiger partial charge in [-0.25, -0.2) is 4.79 Å². The van der Waals surface area contributed by atoms with Gasteiger partial charge in [-0.3, -0.25) is 14.2 Å². The highest BCUT2D eigenvalue weighted by Gasteiger charge is 2.28. The average Bonchev–Trinajstić information content (AvgIpc) is 2.80. The van der Waals surface area contributed by atoms with Gasteiger partial charge in [0.15, 0.2) is 0 Å². The van der Waals surface area contributed by atoms with Crippen LogP contribution in [0, 0.1) is 0 Å². The third-order valence-electron chi connectivity index (χ3n) is 3.89. The topological polar surface area (TPSA) is 154 Å². The summed E-state index contributed by atoms with van der Waals surface area (Å²) in [5, 5.41) is 2.23. The Hall–Kier alpha value is -1.02. The highest BCUT2D eigenvalue weighted by Crippen LogP contribution is 2.56. The van der Waals surface area contributed by atoms with Crippen LogP contribution >= 0.6 is 28.3 Å². The molecule has 0 aromatic carbocycles. The molecule has 0 heterocycles. The molecule has 0 aliphatic rings. The Morgan fingerprint density at radius 3 is 1.56 bits per heavy atom. The maximum absolute atomic E-state index is 12.4. The minimum atomic E-state index is -3.73. The highest BCUT2D eigenvalue weighted by atomic mass is 35.9. The molecule has 0 spiro atoms. The Morgan fingerprint density at radius 1 is 0.694 bits per heavy atom. The van der Waals surface area contributed by atoms with Gasteiger partial charge in [0.25, 0.3) is 5.85 Å². The number of esters is 2. The van der Waals surface area contributed by atoms with Gasteiger partial charge in [0.1, 0.15) is 25.4 Å². The van der Waals surface area contributed by atoms with Gasteiger partial charge in [-0.05, 0) is 22.5 Å². The van der Waals surface area contributed by atoms with Gasteiger partial charge in [-0.1, -0.05) is 0 Å². The monoisotopic (exact) mass is 583 g/mol. The summed E-state index contributed by atoms with van der Waals surface area (Å²) >= 11 is 10.8. The SMILES string of the molecule is COCCOCCOCCOC(=O)C[C@H](NC(=O)CP(=O)(Cl)Cl)C(=O)OCCOCCOCCOC. The smallest absolute Gasteiger partial charge is 0.329 e. The van der Waals surface area contributed by atoms with E-state index in [0.717, 1.165) is 0 Å². The predicted molar refractivity (Wildman–Crippen MR) is 130 cm³/mol. The quantitative estimate of drug-likeness (QED) is 0.0977. The lowest BCUT2D eigenvalue weighted by atomic mass is 10.2. The molecule has 0 saturated heterocycles. The molecule has 1 N–H and O–H groups in total. The Labute approximate surface area is 220 Å². The zero-order valence-corrected chi connectivity index (χ0v) is 23.0. The first kappa shape index (κ1) is 35.0. The minimum Gasteiger partial charge on any atom is -0.463 e. The first-order valence-corrected chi connectivity index (χ1v) is 14.8. The van der Waals surface area contributed by atoms with Crippen molar-refractivity contribution < 1.29 is 56.8 Å². The molecule has 1 amide bonds. The minimum absolute atomic E-state index is 0.0651. The summed E-state index contributed by atoms with van der Waals surface area (Å²) in [5.41, 5.74) is 0. The van der Waals surface area contributed by atoms with E-state index in [1.165, 1.54) is 0 Å². The summed E-state index contributed by atoms with van der Waals surface area (Å²) in [7, 11) is 3.13. The molecule has 212 valence electrons. The Kier molecular flexibility index (Phi) is 22.5. The van der Waals surface area contributed by atoms with Crippen LogP contribution in [-0.2, 0) is 56.8 Å². The number of methoxy groups -OCH3 is 2. The fourth-order valence-corrected chi connectivity index (χ4v) is 3.35. The molecule has 36 heavy (non-hydrogen) atoms. The fourth-order valence-electron chi connectivity index (χ4n) is 2.27. The molecule has 0 bridgehead atoms. The van der Waals surface area contributed by atoms with Gasteiger partial charge in [-0.15, -0.1) is 0 Å². The molecular weight excluding hydrogens is 548 g/mol. The van der Waals surface area contributed by atoms with E-state index in [1.54, 1.807) is 14.2 Å². The van der Waals surface area contributed by atoms with E-state index in [0.29, 0.717) is 46.2 Å². The maximum Gasteiger partial charge on any atom is 0.329 e. The van der Waals surface area contributed by atoms with Crippen LogP contribution in [0.25, 0.3) is 0 Å². The second kappa shape index (κ2) is 23.1. The van der Waals surface area contributed by atoms with Gasteiger partial charge >= 0.3 is 11.9 Å². The van der Waals surface area contributed by atoms with Crippen molar-refractivity contribution in [2.24, 2.45) is 0 Å². The van der Waals surface area contributed by atoms with E-state index in [2.05, 4.69) is 5.32 Å². The molecule has 16 heteroatoms. The standard InChI is InChI=1S/C20H36Cl2NO12P/c1-28-3-5-30-7-9-32-11-13-34-19(25)15-17(23-18(24)16-36(21,22)27)20(26)35-14-12-33-10-8-31-6-4-29-2/h17H,3-16H2,1-2H3,(H,23,24)/t17-/m0/s1. The molecule has 0 unspecified atom stereocenters. The van der Waals surface area contributed by atoms with E-state index in [-0.39, 0.29) is 33.0 Å². The van der Waals surface area contributed by atoms with Crippen LogP contribution in [0.5, 0.6) is 0 Å². The number of carbonyl (C=O) groups is 3. The molecule has 0 saturated carbocycles. The maximum atomic E-state index is 12.4. The van der Waals surface area contributed by atoms with Crippen molar-refractivity contribution in [1.29, 1.82) is 0 Å². The van der Waals surface area contributed by atoms with Crippen molar-refractivity contribution >= 4 is 46.2 Å². The lowest BCUT2D eigenvalue weighted by molar-refractivity contribution is -0.155. The fraction of sp³-hybridized carbons (Fsp3) is 0.850. The van der Waals surface area contributed by atoms with Crippen molar-refractivity contribution in [1.82, 2.24) is 5.32 Å². The van der Waals surface area contributed by atoms with Crippen molar-refractivity contribution in [3.05, 3.63) is 0 Å². The summed E-state index contributed by atoms with van der Waals surface area (Å²) in [5.74, 6) is -6.33. The Balaban J connectivity index is 4.38. The van der Waals surface area contributed by atoms with Crippen LogP contribution in [0.1, 0.15) is 6.42 Å². The number of hydrogen-bond acceptors (Lipinski definition) is 12. The van der Waals surface area contributed by atoms with Crippen molar-refractivity contribution in [2.45, 2.75) is 12.5 Å². The third kappa shape index (κ3) is 23.4. The number of amides is 1. The summed E-state index contributed by atoms with van der Waals surface area (Å²) in [6, 6.07) is -1.41. The zero-order valence-electron chi connectivity index (χ0n) is 20.6. The average molecular weight is 584 g/mol. The lowest BCUT2D eigenvalue weighted by Crippen LogP contribution is -2.44. The second-order valence-corrected chi connectivity index (χ2v) is 12.1. The summed E-state index contributed by atoms with van der Waals surface area (Å²) in [6.45, 7) is 3.03. The van der Waals surface area contributed by atoms with Gasteiger partial charge in [0, 0.05) is 14.2 Å². The van der Waals surface area contributed by atoms with Crippen LogP contribution < -0.4 is 5.32 Å². The van der Waals surface area contributed by atoms with Gasteiger partial charge in [0.2, 0.25) is 5.91 Å². The largest absolute Gasteiger partial charge is 0.463 e. The first-order valence-electron chi connectivity index (χ1n) is 11.1. The summed E-state index contributed by atoms with van der Waals surface area (Å²) in [6.07, 6.45) is -1.27. The van der Waals surface area contributed by atoms with Crippen molar-refractivity contribution in [3.63, 3.8) is 0 Å². The molecule has 13 nitrogen and oxygen atoms in total. The molecule has 0 aliphatic carbocycles. The normalized spacial score (nSPS) is 12.2. The molecule has 1 atom stereocenters. The van der Waals surface area contributed by atoms with Crippen LogP contribution in [-0.4, -0.2) is 124 Å². The molecule has 0 radical (unpaired) electrons. The van der Waals surface area contributed by atoms with Crippen LogP contribution in [0.15, 0.2) is 0 Å². The van der Waals surface area contributed by atoms with Gasteiger partial charge < -0.3 is 43.2 Å². The number of halogens is 2. The summed E-state index contributed by atoms with van der Waals surface area (Å²) < 4.78 is 52.1. The summed E-state index contributed by atoms with van der Waals surface area (Å²) in [4.78, 5) is 36.5. The molecular formula is C20H36Cl2NO12P. The van der Waals surface area contributed by atoms with Crippen LogP contribution in [0.4, 0.5) is 0 Å². The van der Waals surface area contributed by atoms with Gasteiger partial charge in [0.05, 0.1) is 72.5 Å². The van der Waals surface area contributed by atoms with E-state index in [1.807, 2.05) is 0 Å². The van der Waals surface area contributed by atoms with Gasteiger partial charge in [-0.2, -0.15) is 0 Å². The number of carbonyl (C=O) groups excluding carboxylic acids is 3. The molecule has 0 aliphatic heterocycles. The first-order chi connectivity index (χ1) is 17.2. The molecule has 0 fully saturated rings. The van der Waals surface area contributed by atoms with E-state index in [4.69, 9.17) is 60.4 Å². The molecule has 0 aromatic heterocycles. The van der Waals surface area contributed by atoms with E-state index >= 15 is 0 Å². The van der Waals surface area contributed by atoms with Crippen molar-refractivity contribution in [3.8, 4) is 0 Å². The van der Waals surface area contributed by atoms with Crippen LogP contribution in [0.2, 0.25) is 0 Å². The zero-order chi connectivity index (χ0) is 27.1. The molecule has 0 aromatic rings. The highest BCUT2D eigenvalue weighted by molar-refractivity contribution is 8.09. The number of rotatable bonds is 24. The second-order valence-electron chi connectivity index (χ2n) is 6.88. The van der Waals surface area contributed by atoms with E-state index in [9.17, 15) is 18.9 Å². The Bertz CT molecular complexity index is 652. The van der Waals surface area contributed by atoms with Crippen molar-refractivity contribution in [2.75, 3.05) is 99.7 Å².